The molecule has 1 aromatic rings. The highest BCUT2D eigenvalue weighted by molar-refractivity contribution is 5.13. The van der Waals surface area contributed by atoms with Crippen LogP contribution in [0, 0.1) is 5.92 Å². The molecular formula is C13H24N2O. The van der Waals surface area contributed by atoms with Crippen LogP contribution in [0.3, 0.4) is 0 Å². The van der Waals surface area contributed by atoms with Gasteiger partial charge >= 0.3 is 0 Å². The normalized spacial score (nSPS) is 15.4. The average molecular weight is 224 g/mol. The predicted molar refractivity (Wildman–Crippen MR) is 66.4 cm³/mol. The summed E-state index contributed by atoms with van der Waals surface area (Å²) in [4.78, 5) is 0. The molecule has 0 bridgehead atoms. The second kappa shape index (κ2) is 5.00. The van der Waals surface area contributed by atoms with Crippen LogP contribution in [-0.4, -0.2) is 20.5 Å². The summed E-state index contributed by atoms with van der Waals surface area (Å²) in [6, 6.07) is 2.11. The summed E-state index contributed by atoms with van der Waals surface area (Å²) < 4.78 is 2.00. The van der Waals surface area contributed by atoms with E-state index in [1.807, 2.05) is 25.5 Å². The largest absolute Gasteiger partial charge is 0.390 e. The zero-order valence-electron chi connectivity index (χ0n) is 11.1. The number of rotatable bonds is 5. The molecule has 1 unspecified atom stereocenters. The van der Waals surface area contributed by atoms with Crippen molar-refractivity contribution in [1.82, 2.24) is 9.78 Å². The first-order valence-corrected chi connectivity index (χ1v) is 6.18. The van der Waals surface area contributed by atoms with Gasteiger partial charge in [0.25, 0.3) is 0 Å². The molecule has 0 saturated heterocycles. The maximum absolute atomic E-state index is 10.3. The Morgan fingerprint density at radius 3 is 2.50 bits per heavy atom. The molecule has 0 amide bonds. The molecule has 0 radical (unpaired) electrons. The highest BCUT2D eigenvalue weighted by Gasteiger charge is 2.26. The van der Waals surface area contributed by atoms with Crippen LogP contribution in [0.1, 0.15) is 46.0 Å². The molecule has 0 aliphatic heterocycles. The Balaban J connectivity index is 2.91. The van der Waals surface area contributed by atoms with Gasteiger partial charge in [-0.05, 0) is 32.3 Å². The summed E-state index contributed by atoms with van der Waals surface area (Å²) >= 11 is 0. The molecule has 3 nitrogen and oxygen atoms in total. The van der Waals surface area contributed by atoms with Gasteiger partial charge in [0, 0.05) is 18.7 Å². The molecule has 1 N–H and O–H groups in total. The van der Waals surface area contributed by atoms with E-state index in [0.717, 1.165) is 24.4 Å². The third kappa shape index (κ3) is 2.85. The van der Waals surface area contributed by atoms with E-state index in [1.54, 1.807) is 0 Å². The van der Waals surface area contributed by atoms with Crippen molar-refractivity contribution in [3.05, 3.63) is 17.5 Å². The van der Waals surface area contributed by atoms with Gasteiger partial charge in [-0.15, -0.1) is 0 Å². The van der Waals surface area contributed by atoms with Crippen molar-refractivity contribution < 1.29 is 5.11 Å². The van der Waals surface area contributed by atoms with Crippen LogP contribution in [-0.2, 0) is 19.4 Å². The molecule has 92 valence electrons. The molecule has 0 aliphatic rings. The lowest BCUT2D eigenvalue weighted by atomic mass is 9.88. The monoisotopic (exact) mass is 224 g/mol. The molecule has 0 spiro atoms. The number of aliphatic hydroxyl groups is 1. The van der Waals surface area contributed by atoms with E-state index in [-0.39, 0.29) is 5.92 Å². The van der Waals surface area contributed by atoms with Crippen LogP contribution < -0.4 is 0 Å². The Hall–Kier alpha value is -0.830. The Bertz CT molecular complexity index is 340. The second-order valence-electron chi connectivity index (χ2n) is 4.98. The lowest BCUT2D eigenvalue weighted by Gasteiger charge is -2.27. The van der Waals surface area contributed by atoms with Gasteiger partial charge in [-0.1, -0.05) is 20.8 Å². The molecule has 3 heteroatoms. The summed E-state index contributed by atoms with van der Waals surface area (Å²) in [6.07, 6.45) is 1.62. The van der Waals surface area contributed by atoms with Gasteiger partial charge < -0.3 is 5.11 Å². The first kappa shape index (κ1) is 13.2. The zero-order chi connectivity index (χ0) is 12.3. The van der Waals surface area contributed by atoms with E-state index >= 15 is 0 Å². The number of aryl methyl sites for hydroxylation is 2. The Morgan fingerprint density at radius 1 is 1.44 bits per heavy atom. The minimum atomic E-state index is -0.655. The Labute approximate surface area is 98.5 Å². The number of hydrogen-bond acceptors (Lipinski definition) is 2. The summed E-state index contributed by atoms with van der Waals surface area (Å²) in [5.74, 6) is 0.248. The molecule has 0 aromatic carbocycles. The van der Waals surface area contributed by atoms with Crippen LogP contribution in [0.5, 0.6) is 0 Å². The standard InChI is InChI=1S/C13H24N2O/c1-6-11-8-12(15(7-2)14-11)9-13(5,16)10(3)4/h8,10,16H,6-7,9H2,1-5H3. The number of aromatic nitrogens is 2. The van der Waals surface area contributed by atoms with Crippen LogP contribution >= 0.6 is 0 Å². The van der Waals surface area contributed by atoms with Gasteiger partial charge in [0.15, 0.2) is 0 Å². The van der Waals surface area contributed by atoms with Crippen molar-refractivity contribution in [3.63, 3.8) is 0 Å². The number of hydrogen-bond donors (Lipinski definition) is 1. The molecule has 1 heterocycles. The molecule has 0 aliphatic carbocycles. The average Bonchev–Trinajstić information content (AvgIpc) is 2.59. The van der Waals surface area contributed by atoms with Crippen LogP contribution in [0.15, 0.2) is 6.07 Å². The highest BCUT2D eigenvalue weighted by atomic mass is 16.3. The van der Waals surface area contributed by atoms with Gasteiger partial charge in [0.05, 0.1) is 11.3 Å². The zero-order valence-corrected chi connectivity index (χ0v) is 11.1. The third-order valence-electron chi connectivity index (χ3n) is 3.36. The van der Waals surface area contributed by atoms with Gasteiger partial charge in [0.2, 0.25) is 0 Å². The minimum absolute atomic E-state index is 0.248. The van der Waals surface area contributed by atoms with Crippen LogP contribution in [0.4, 0.5) is 0 Å². The van der Waals surface area contributed by atoms with Gasteiger partial charge in [-0.25, -0.2) is 0 Å². The van der Waals surface area contributed by atoms with Crippen molar-refractivity contribution in [2.45, 2.75) is 59.6 Å². The van der Waals surface area contributed by atoms with Gasteiger partial charge in [-0.2, -0.15) is 5.10 Å². The molecule has 1 atom stereocenters. The van der Waals surface area contributed by atoms with Crippen molar-refractivity contribution >= 4 is 0 Å². The fourth-order valence-corrected chi connectivity index (χ4v) is 1.67. The summed E-state index contributed by atoms with van der Waals surface area (Å²) in [7, 11) is 0. The highest BCUT2D eigenvalue weighted by Crippen LogP contribution is 2.22. The molecule has 1 aromatic heterocycles. The second-order valence-corrected chi connectivity index (χ2v) is 4.98. The molecule has 16 heavy (non-hydrogen) atoms. The third-order valence-corrected chi connectivity index (χ3v) is 3.36. The minimum Gasteiger partial charge on any atom is -0.390 e. The van der Waals surface area contributed by atoms with Gasteiger partial charge in [-0.3, -0.25) is 4.68 Å². The molecule has 1 rings (SSSR count). The van der Waals surface area contributed by atoms with E-state index in [1.165, 1.54) is 0 Å². The molecule has 0 fully saturated rings. The molecular weight excluding hydrogens is 200 g/mol. The van der Waals surface area contributed by atoms with Crippen molar-refractivity contribution in [3.8, 4) is 0 Å². The lowest BCUT2D eigenvalue weighted by molar-refractivity contribution is 0.0121. The van der Waals surface area contributed by atoms with Crippen LogP contribution in [0.2, 0.25) is 0 Å². The fraction of sp³-hybridized carbons (Fsp3) is 0.769. The van der Waals surface area contributed by atoms with Gasteiger partial charge in [0.1, 0.15) is 0 Å². The van der Waals surface area contributed by atoms with Crippen molar-refractivity contribution in [2.75, 3.05) is 0 Å². The van der Waals surface area contributed by atoms with Crippen LogP contribution in [0.25, 0.3) is 0 Å². The van der Waals surface area contributed by atoms with E-state index in [9.17, 15) is 5.11 Å². The first-order chi connectivity index (χ1) is 7.40. The first-order valence-electron chi connectivity index (χ1n) is 6.18. The smallest absolute Gasteiger partial charge is 0.0697 e. The summed E-state index contributed by atoms with van der Waals surface area (Å²) in [5, 5.41) is 14.8. The fourth-order valence-electron chi connectivity index (χ4n) is 1.67. The van der Waals surface area contributed by atoms with E-state index < -0.39 is 5.60 Å². The Morgan fingerprint density at radius 2 is 2.06 bits per heavy atom. The van der Waals surface area contributed by atoms with E-state index in [0.29, 0.717) is 6.42 Å². The molecule has 0 saturated carbocycles. The quantitative estimate of drug-likeness (QED) is 0.834. The summed E-state index contributed by atoms with van der Waals surface area (Å²) in [6.45, 7) is 11.0. The lowest BCUT2D eigenvalue weighted by Crippen LogP contribution is -2.34. The summed E-state index contributed by atoms with van der Waals surface area (Å²) in [5.41, 5.74) is 1.59. The SMILES string of the molecule is CCc1cc(CC(C)(O)C(C)C)n(CC)n1. The topological polar surface area (TPSA) is 38.0 Å². The van der Waals surface area contributed by atoms with Crippen molar-refractivity contribution in [2.24, 2.45) is 5.92 Å². The van der Waals surface area contributed by atoms with Crippen molar-refractivity contribution in [1.29, 1.82) is 0 Å². The maximum Gasteiger partial charge on any atom is 0.0697 e. The maximum atomic E-state index is 10.3. The van der Waals surface area contributed by atoms with E-state index in [4.69, 9.17) is 0 Å². The van der Waals surface area contributed by atoms with E-state index in [2.05, 4.69) is 25.0 Å². The Kier molecular flexibility index (Phi) is 4.14. The number of nitrogens with zero attached hydrogens (tertiary/aromatic N) is 2. The predicted octanol–water partition coefficient (Wildman–Crippen LogP) is 2.41.